The molecular weight excluding hydrogens is 508 g/mol. The summed E-state index contributed by atoms with van der Waals surface area (Å²) in [4.78, 5) is 26.9. The Morgan fingerprint density at radius 3 is 2.29 bits per heavy atom. The maximum atomic E-state index is 13.8. The van der Waals surface area contributed by atoms with Crippen LogP contribution in [0, 0.1) is 50.2 Å². The number of carbonyl (C=O) groups is 2. The van der Waals surface area contributed by atoms with E-state index in [2.05, 4.69) is 60.6 Å². The van der Waals surface area contributed by atoms with Gasteiger partial charge in [0, 0.05) is 16.7 Å². The molecule has 6 aliphatic rings. The Morgan fingerprint density at radius 1 is 0.854 bits per heavy atom. The number of hydrogen-bond donors (Lipinski definition) is 0. The fraction of sp³-hybridized carbons (Fsp3) is 0.730. The minimum absolute atomic E-state index is 0.0367. The molecule has 0 N–H and O–H groups in total. The second-order valence-corrected chi connectivity index (χ2v) is 17.1. The van der Waals surface area contributed by atoms with E-state index in [9.17, 15) is 9.59 Å². The van der Waals surface area contributed by atoms with Gasteiger partial charge >= 0.3 is 11.9 Å². The molecule has 0 aromatic heterocycles. The van der Waals surface area contributed by atoms with Crippen LogP contribution < -0.4 is 0 Å². The number of benzene rings is 1. The van der Waals surface area contributed by atoms with Crippen LogP contribution in [0.4, 0.5) is 0 Å². The molecule has 1 heterocycles. The Hall–Kier alpha value is -2.10. The molecule has 4 heteroatoms. The second-order valence-electron chi connectivity index (χ2n) is 17.1. The molecular formula is C37H50O4. The smallest absolute Gasteiger partial charge is 0.338 e. The van der Waals surface area contributed by atoms with Gasteiger partial charge in [0.25, 0.3) is 0 Å². The van der Waals surface area contributed by atoms with Crippen LogP contribution >= 0.6 is 0 Å². The molecule has 9 atom stereocenters. The third-order valence-corrected chi connectivity index (χ3v) is 14.7. The van der Waals surface area contributed by atoms with Gasteiger partial charge in [0.1, 0.15) is 11.7 Å². The number of ether oxygens (including phenoxy) is 2. The van der Waals surface area contributed by atoms with E-state index in [0.29, 0.717) is 17.4 Å². The van der Waals surface area contributed by atoms with Crippen molar-refractivity contribution in [3.63, 3.8) is 0 Å². The average molecular weight is 559 g/mol. The van der Waals surface area contributed by atoms with Gasteiger partial charge < -0.3 is 9.47 Å². The van der Waals surface area contributed by atoms with Gasteiger partial charge in [0.2, 0.25) is 0 Å². The van der Waals surface area contributed by atoms with Crippen LogP contribution in [0.15, 0.2) is 42.5 Å². The van der Waals surface area contributed by atoms with E-state index in [1.807, 2.05) is 30.3 Å². The minimum atomic E-state index is -0.494. The molecule has 9 unspecified atom stereocenters. The predicted molar refractivity (Wildman–Crippen MR) is 160 cm³/mol. The summed E-state index contributed by atoms with van der Waals surface area (Å²) in [5, 5.41) is 0. The molecule has 4 nitrogen and oxygen atoms in total. The lowest BCUT2D eigenvalue weighted by molar-refractivity contribution is -0.242. The quantitative estimate of drug-likeness (QED) is 0.270. The predicted octanol–water partition coefficient (Wildman–Crippen LogP) is 8.55. The molecule has 2 bridgehead atoms. The average Bonchev–Trinajstić information content (AvgIpc) is 3.09. The number of hydrogen-bond acceptors (Lipinski definition) is 4. The van der Waals surface area contributed by atoms with Gasteiger partial charge in [-0.15, -0.1) is 0 Å². The highest BCUT2D eigenvalue weighted by Crippen LogP contribution is 2.79. The lowest BCUT2D eigenvalue weighted by atomic mass is 9.32. The zero-order valence-corrected chi connectivity index (χ0v) is 26.3. The summed E-state index contributed by atoms with van der Waals surface area (Å²) >= 11 is 0. The highest BCUT2D eigenvalue weighted by atomic mass is 16.6. The first-order chi connectivity index (χ1) is 19.2. The molecule has 5 fully saturated rings. The lowest BCUT2D eigenvalue weighted by Gasteiger charge is -2.72. The number of allylic oxidation sites excluding steroid dienone is 1. The Kier molecular flexibility index (Phi) is 5.60. The fourth-order valence-electron chi connectivity index (χ4n) is 12.1. The van der Waals surface area contributed by atoms with Crippen molar-refractivity contribution < 1.29 is 19.1 Å². The maximum absolute atomic E-state index is 13.8. The molecule has 7 rings (SSSR count). The van der Waals surface area contributed by atoms with Crippen LogP contribution in [0.25, 0.3) is 0 Å². The SMILES string of the molecule is CC1(C)CCC23CCC4(C)C5(C)CCC6C(C)(C)C(OC(=O)c7ccccc7)CCC6(C)C5C=CC4(OC2=O)C3C1. The minimum Gasteiger partial charge on any atom is -0.458 e. The molecule has 4 saturated carbocycles. The number of carbonyl (C=O) groups excluding carboxylic acids is 2. The van der Waals surface area contributed by atoms with Crippen molar-refractivity contribution in [1.29, 1.82) is 0 Å². The topological polar surface area (TPSA) is 52.6 Å². The number of rotatable bonds is 2. The zero-order chi connectivity index (χ0) is 29.3. The summed E-state index contributed by atoms with van der Waals surface area (Å²) in [5.74, 6) is 1.01. The summed E-state index contributed by atoms with van der Waals surface area (Å²) in [6, 6.07) is 9.42. The largest absolute Gasteiger partial charge is 0.458 e. The van der Waals surface area contributed by atoms with Gasteiger partial charge in [0.15, 0.2) is 0 Å². The summed E-state index contributed by atoms with van der Waals surface area (Å²) in [6.07, 6.45) is 14.2. The highest BCUT2D eigenvalue weighted by molar-refractivity contribution is 5.89. The first kappa shape index (κ1) is 27.7. The molecule has 1 spiro atoms. The zero-order valence-electron chi connectivity index (χ0n) is 26.3. The van der Waals surface area contributed by atoms with Gasteiger partial charge in [0.05, 0.1) is 11.0 Å². The standard InChI is InChI=1S/C37H50O4/c1-31(2)19-21-36-22-20-35(7)34(6)17-13-25-32(3,4)28(40-29(38)24-11-9-8-10-12-24)15-16-33(25,5)26(34)14-18-37(35,27(36)23-31)41-30(36)39/h8-12,14,18,25-28H,13,15-17,19-23H2,1-7H3. The normalized spacial score (nSPS) is 48.6. The Labute approximate surface area is 247 Å². The van der Waals surface area contributed by atoms with E-state index >= 15 is 0 Å². The van der Waals surface area contributed by atoms with Crippen LogP contribution in [0.1, 0.15) is 117 Å². The van der Waals surface area contributed by atoms with Crippen molar-refractivity contribution in [3.8, 4) is 0 Å². The van der Waals surface area contributed by atoms with Crippen molar-refractivity contribution >= 4 is 11.9 Å². The highest BCUT2D eigenvalue weighted by Gasteiger charge is 2.80. The van der Waals surface area contributed by atoms with Gasteiger partial charge in [-0.3, -0.25) is 4.79 Å². The van der Waals surface area contributed by atoms with E-state index in [-0.39, 0.29) is 56.5 Å². The van der Waals surface area contributed by atoms with Crippen LogP contribution in [0.5, 0.6) is 0 Å². The summed E-state index contributed by atoms with van der Waals surface area (Å²) in [6.45, 7) is 17.0. The molecule has 1 aromatic carbocycles. The summed E-state index contributed by atoms with van der Waals surface area (Å²) in [5.41, 5.74) is -0.00203. The molecule has 5 aliphatic carbocycles. The van der Waals surface area contributed by atoms with Crippen molar-refractivity contribution in [3.05, 3.63) is 48.0 Å². The van der Waals surface area contributed by atoms with Crippen molar-refractivity contribution in [2.24, 2.45) is 50.2 Å². The van der Waals surface area contributed by atoms with Gasteiger partial charge in [-0.05, 0) is 104 Å². The third kappa shape index (κ3) is 3.29. The van der Waals surface area contributed by atoms with E-state index in [0.717, 1.165) is 57.8 Å². The third-order valence-electron chi connectivity index (χ3n) is 14.7. The summed E-state index contributed by atoms with van der Waals surface area (Å²) < 4.78 is 13.0. The van der Waals surface area contributed by atoms with E-state index in [1.165, 1.54) is 0 Å². The molecule has 41 heavy (non-hydrogen) atoms. The molecule has 222 valence electrons. The molecule has 1 saturated heterocycles. The van der Waals surface area contributed by atoms with Gasteiger partial charge in [-0.25, -0.2) is 4.79 Å². The van der Waals surface area contributed by atoms with E-state index in [1.54, 1.807) is 0 Å². The Bertz CT molecular complexity index is 1310. The van der Waals surface area contributed by atoms with E-state index < -0.39 is 5.60 Å². The molecule has 1 aliphatic heterocycles. The van der Waals surface area contributed by atoms with Crippen LogP contribution in [0.3, 0.4) is 0 Å². The number of fused-ring (bicyclic) bond motifs is 4. The van der Waals surface area contributed by atoms with Crippen molar-refractivity contribution in [1.82, 2.24) is 0 Å². The first-order valence-electron chi connectivity index (χ1n) is 16.3. The van der Waals surface area contributed by atoms with Crippen LogP contribution in [-0.4, -0.2) is 23.6 Å². The van der Waals surface area contributed by atoms with Gasteiger partial charge in [-0.2, -0.15) is 0 Å². The van der Waals surface area contributed by atoms with Crippen molar-refractivity contribution in [2.45, 2.75) is 118 Å². The summed E-state index contributed by atoms with van der Waals surface area (Å²) in [7, 11) is 0. The monoisotopic (exact) mass is 558 g/mol. The van der Waals surface area contributed by atoms with Crippen LogP contribution in [0.2, 0.25) is 0 Å². The van der Waals surface area contributed by atoms with Crippen molar-refractivity contribution in [2.75, 3.05) is 0 Å². The molecule has 1 aromatic rings. The van der Waals surface area contributed by atoms with E-state index in [4.69, 9.17) is 9.47 Å². The maximum Gasteiger partial charge on any atom is 0.338 e. The second kappa shape index (κ2) is 8.29. The molecule has 0 radical (unpaired) electrons. The van der Waals surface area contributed by atoms with Crippen LogP contribution in [-0.2, 0) is 14.3 Å². The number of esters is 2. The first-order valence-corrected chi connectivity index (χ1v) is 16.3. The fourth-order valence-corrected chi connectivity index (χ4v) is 12.1. The Morgan fingerprint density at radius 2 is 1.56 bits per heavy atom. The molecule has 0 amide bonds. The lowest BCUT2D eigenvalue weighted by Crippen LogP contribution is -2.70. The Balaban J connectivity index is 1.24. The van der Waals surface area contributed by atoms with Gasteiger partial charge in [-0.1, -0.05) is 72.7 Å².